The molecule has 0 saturated heterocycles. The van der Waals surface area contributed by atoms with Crippen LogP contribution in [0.3, 0.4) is 0 Å². The lowest BCUT2D eigenvalue weighted by molar-refractivity contribution is -0.136. The summed E-state index contributed by atoms with van der Waals surface area (Å²) >= 11 is 0. The van der Waals surface area contributed by atoms with E-state index >= 15 is 0 Å². The molecule has 7 heteroatoms. The molecule has 0 amide bonds. The summed E-state index contributed by atoms with van der Waals surface area (Å²) in [7, 11) is 0. The van der Waals surface area contributed by atoms with Crippen molar-refractivity contribution in [3.63, 3.8) is 0 Å². The molecule has 0 fully saturated rings. The highest BCUT2D eigenvalue weighted by molar-refractivity contribution is 5.58. The molecule has 1 aromatic heterocycles. The molecular weight excluding hydrogens is 271 g/mol. The number of aromatic nitrogens is 1. The first-order chi connectivity index (χ1) is 9.29. The molecule has 108 valence electrons. The molecule has 0 unspecified atom stereocenters. The summed E-state index contributed by atoms with van der Waals surface area (Å²) in [5, 5.41) is 6.70. The van der Waals surface area contributed by atoms with Crippen LogP contribution in [0.4, 0.5) is 24.5 Å². The SMILES string of the molecule is Cc1noc(C)c1CNc1ccc(N)c(C(F)(F)F)c1. The van der Waals surface area contributed by atoms with Crippen LogP contribution in [0.25, 0.3) is 0 Å². The molecule has 4 nitrogen and oxygen atoms in total. The lowest BCUT2D eigenvalue weighted by Gasteiger charge is -2.13. The number of anilines is 2. The summed E-state index contributed by atoms with van der Waals surface area (Å²) in [5.74, 6) is 0.640. The smallest absolute Gasteiger partial charge is 0.398 e. The minimum Gasteiger partial charge on any atom is -0.398 e. The summed E-state index contributed by atoms with van der Waals surface area (Å²) in [6.45, 7) is 3.86. The molecular formula is C13H14F3N3O. The van der Waals surface area contributed by atoms with Crippen molar-refractivity contribution in [2.24, 2.45) is 0 Å². The molecule has 0 saturated carbocycles. The van der Waals surface area contributed by atoms with Crippen LogP contribution in [0, 0.1) is 13.8 Å². The molecule has 1 heterocycles. The maximum absolute atomic E-state index is 12.7. The Bertz CT molecular complexity index is 600. The van der Waals surface area contributed by atoms with Crippen LogP contribution >= 0.6 is 0 Å². The van der Waals surface area contributed by atoms with Crippen molar-refractivity contribution in [3.8, 4) is 0 Å². The van der Waals surface area contributed by atoms with Gasteiger partial charge in [-0.1, -0.05) is 5.16 Å². The van der Waals surface area contributed by atoms with Gasteiger partial charge in [0.25, 0.3) is 0 Å². The Morgan fingerprint density at radius 1 is 1.30 bits per heavy atom. The van der Waals surface area contributed by atoms with E-state index in [1.807, 2.05) is 0 Å². The average Bonchev–Trinajstić information content (AvgIpc) is 2.67. The van der Waals surface area contributed by atoms with Crippen LogP contribution in [0.15, 0.2) is 22.7 Å². The number of alkyl halides is 3. The van der Waals surface area contributed by atoms with Crippen LogP contribution in [-0.2, 0) is 12.7 Å². The molecule has 0 spiro atoms. The molecule has 2 aromatic rings. The molecule has 0 bridgehead atoms. The highest BCUT2D eigenvalue weighted by Crippen LogP contribution is 2.35. The molecule has 0 aliphatic heterocycles. The number of nitrogens with one attached hydrogen (secondary N) is 1. The first-order valence-electron chi connectivity index (χ1n) is 5.91. The highest BCUT2D eigenvalue weighted by atomic mass is 19.4. The van der Waals surface area contributed by atoms with Gasteiger partial charge in [0, 0.05) is 23.5 Å². The maximum atomic E-state index is 12.7. The number of benzene rings is 1. The number of hydrogen-bond acceptors (Lipinski definition) is 4. The number of rotatable bonds is 3. The molecule has 0 radical (unpaired) electrons. The fourth-order valence-corrected chi connectivity index (χ4v) is 1.86. The summed E-state index contributed by atoms with van der Waals surface area (Å²) in [6, 6.07) is 3.73. The predicted octanol–water partition coefficient (Wildman–Crippen LogP) is 3.50. The fraction of sp³-hybridized carbons (Fsp3) is 0.308. The van der Waals surface area contributed by atoms with Crippen molar-refractivity contribution in [1.29, 1.82) is 0 Å². The Morgan fingerprint density at radius 3 is 2.55 bits per heavy atom. The van der Waals surface area contributed by atoms with Crippen LogP contribution in [0.1, 0.15) is 22.6 Å². The second kappa shape index (κ2) is 5.07. The zero-order valence-electron chi connectivity index (χ0n) is 11.0. The van der Waals surface area contributed by atoms with Gasteiger partial charge < -0.3 is 15.6 Å². The molecule has 1 aromatic carbocycles. The largest absolute Gasteiger partial charge is 0.418 e. The van der Waals surface area contributed by atoms with Gasteiger partial charge in [0.15, 0.2) is 0 Å². The lowest BCUT2D eigenvalue weighted by Crippen LogP contribution is -2.10. The van der Waals surface area contributed by atoms with Gasteiger partial charge in [-0.25, -0.2) is 0 Å². The van der Waals surface area contributed by atoms with Gasteiger partial charge in [-0.05, 0) is 32.0 Å². The standard InChI is InChI=1S/C13H14F3N3O/c1-7-10(8(2)20-19-7)6-18-9-3-4-12(17)11(5-9)13(14,15)16/h3-5,18H,6,17H2,1-2H3. The number of halogens is 3. The van der Waals surface area contributed by atoms with E-state index in [1.54, 1.807) is 13.8 Å². The third kappa shape index (κ3) is 2.87. The zero-order chi connectivity index (χ0) is 14.9. The van der Waals surface area contributed by atoms with Gasteiger partial charge in [0.1, 0.15) is 5.76 Å². The van der Waals surface area contributed by atoms with Gasteiger partial charge in [-0.2, -0.15) is 13.2 Å². The zero-order valence-corrected chi connectivity index (χ0v) is 11.0. The molecule has 2 rings (SSSR count). The number of nitrogen functional groups attached to an aromatic ring is 1. The minimum absolute atomic E-state index is 0.291. The van der Waals surface area contributed by atoms with E-state index in [4.69, 9.17) is 10.3 Å². The van der Waals surface area contributed by atoms with E-state index in [9.17, 15) is 13.2 Å². The topological polar surface area (TPSA) is 64.1 Å². The van der Waals surface area contributed by atoms with Crippen molar-refractivity contribution in [2.75, 3.05) is 11.1 Å². The quantitative estimate of drug-likeness (QED) is 0.847. The molecule has 20 heavy (non-hydrogen) atoms. The molecule has 3 N–H and O–H groups in total. The first kappa shape index (κ1) is 14.2. The number of nitrogens with two attached hydrogens (primary N) is 1. The van der Waals surface area contributed by atoms with Gasteiger partial charge >= 0.3 is 6.18 Å². The Kier molecular flexibility index (Phi) is 3.61. The first-order valence-corrected chi connectivity index (χ1v) is 5.91. The Balaban J connectivity index is 2.19. The van der Waals surface area contributed by atoms with Crippen LogP contribution < -0.4 is 11.1 Å². The number of aryl methyl sites for hydroxylation is 2. The second-order valence-electron chi connectivity index (χ2n) is 4.46. The van der Waals surface area contributed by atoms with Gasteiger partial charge in [-0.3, -0.25) is 0 Å². The van der Waals surface area contributed by atoms with Crippen LogP contribution in [0.2, 0.25) is 0 Å². The third-order valence-corrected chi connectivity index (χ3v) is 3.01. The van der Waals surface area contributed by atoms with Crippen molar-refractivity contribution >= 4 is 11.4 Å². The average molecular weight is 285 g/mol. The van der Waals surface area contributed by atoms with Crippen LogP contribution in [-0.4, -0.2) is 5.16 Å². The minimum atomic E-state index is -4.47. The summed E-state index contributed by atoms with van der Waals surface area (Å²) in [6.07, 6.45) is -4.47. The van der Waals surface area contributed by atoms with Crippen molar-refractivity contribution < 1.29 is 17.7 Å². The lowest BCUT2D eigenvalue weighted by atomic mass is 10.1. The van der Waals surface area contributed by atoms with Gasteiger partial charge in [0.05, 0.1) is 11.3 Å². The van der Waals surface area contributed by atoms with Crippen molar-refractivity contribution in [1.82, 2.24) is 5.16 Å². The number of hydrogen-bond donors (Lipinski definition) is 2. The molecule has 0 aliphatic rings. The van der Waals surface area contributed by atoms with E-state index in [2.05, 4.69) is 10.5 Å². The van der Waals surface area contributed by atoms with E-state index < -0.39 is 11.7 Å². The normalized spacial score (nSPS) is 11.7. The molecule has 0 aliphatic carbocycles. The van der Waals surface area contributed by atoms with Crippen molar-refractivity contribution in [3.05, 3.63) is 40.8 Å². The third-order valence-electron chi connectivity index (χ3n) is 3.01. The van der Waals surface area contributed by atoms with Gasteiger partial charge in [-0.15, -0.1) is 0 Å². The highest BCUT2D eigenvalue weighted by Gasteiger charge is 2.33. The monoisotopic (exact) mass is 285 g/mol. The predicted molar refractivity (Wildman–Crippen MR) is 69.2 cm³/mol. The van der Waals surface area contributed by atoms with Gasteiger partial charge in [0.2, 0.25) is 0 Å². The Morgan fingerprint density at radius 2 is 2.00 bits per heavy atom. The summed E-state index contributed by atoms with van der Waals surface area (Å²) in [4.78, 5) is 0. The fourth-order valence-electron chi connectivity index (χ4n) is 1.86. The second-order valence-corrected chi connectivity index (χ2v) is 4.46. The molecule has 0 atom stereocenters. The van der Waals surface area contributed by atoms with Crippen molar-refractivity contribution in [2.45, 2.75) is 26.6 Å². The van der Waals surface area contributed by atoms with E-state index in [0.29, 0.717) is 23.7 Å². The maximum Gasteiger partial charge on any atom is 0.418 e. The summed E-state index contributed by atoms with van der Waals surface area (Å²) in [5.41, 5.74) is 6.08. The van der Waals surface area contributed by atoms with E-state index in [0.717, 1.165) is 11.6 Å². The number of nitrogens with zero attached hydrogens (tertiary/aromatic N) is 1. The van der Waals surface area contributed by atoms with E-state index in [1.165, 1.54) is 12.1 Å². The Labute approximate surface area is 113 Å². The Hall–Kier alpha value is -2.18. The summed E-state index contributed by atoms with van der Waals surface area (Å²) < 4.78 is 43.2. The van der Waals surface area contributed by atoms with E-state index in [-0.39, 0.29) is 5.69 Å². The van der Waals surface area contributed by atoms with Crippen LogP contribution in [0.5, 0.6) is 0 Å².